The number of pyridine rings is 1. The highest BCUT2D eigenvalue weighted by molar-refractivity contribution is 6.37. The summed E-state index contributed by atoms with van der Waals surface area (Å²) in [5.74, 6) is 4.70. The maximum atomic E-state index is 12.9. The van der Waals surface area contributed by atoms with Crippen molar-refractivity contribution in [1.82, 2.24) is 30.0 Å². The predicted octanol–water partition coefficient (Wildman–Crippen LogP) is 2.22. The number of carbonyl (C=O) groups excluding carboxylic acids is 2. The molecule has 2 aliphatic heterocycles. The number of fused-ring (bicyclic) bond motifs is 3. The molecule has 5 heterocycles. The van der Waals surface area contributed by atoms with Gasteiger partial charge in [0, 0.05) is 40.9 Å². The minimum absolute atomic E-state index is 0.0547. The van der Waals surface area contributed by atoms with Crippen LogP contribution >= 0.6 is 0 Å². The summed E-state index contributed by atoms with van der Waals surface area (Å²) in [5, 5.41) is 8.13. The second kappa shape index (κ2) is 10.0. The van der Waals surface area contributed by atoms with Crippen molar-refractivity contribution >= 4 is 29.0 Å². The third-order valence-electron chi connectivity index (χ3n) is 7.97. The fraction of sp³-hybridized carbons (Fsp3) is 0.286. The van der Waals surface area contributed by atoms with Crippen LogP contribution in [0.3, 0.4) is 0 Å². The molecule has 4 aromatic rings. The van der Waals surface area contributed by atoms with Crippen molar-refractivity contribution in [3.05, 3.63) is 66.1 Å². The summed E-state index contributed by atoms with van der Waals surface area (Å²) < 4.78 is 1.52. The van der Waals surface area contributed by atoms with Crippen LogP contribution in [0.15, 0.2) is 60.0 Å². The number of rotatable bonds is 5. The number of benzene rings is 1. The number of carbonyl (C=O) groups is 2. The van der Waals surface area contributed by atoms with Crippen molar-refractivity contribution in [2.75, 3.05) is 5.73 Å². The first-order chi connectivity index (χ1) is 19.4. The first kappa shape index (κ1) is 25.4. The zero-order valence-electron chi connectivity index (χ0n) is 22.0. The molecule has 1 amide bonds. The van der Waals surface area contributed by atoms with Gasteiger partial charge in [-0.2, -0.15) is 9.61 Å². The smallest absolute Gasteiger partial charge is 0.291 e. The Kier molecular flexibility index (Phi) is 6.39. The number of hydrazone groups is 1. The lowest BCUT2D eigenvalue weighted by Gasteiger charge is -2.39. The fourth-order valence-electron chi connectivity index (χ4n) is 6.21. The average Bonchev–Trinajstić information content (AvgIpc) is 3.51. The van der Waals surface area contributed by atoms with Crippen LogP contribution in [-0.2, 0) is 4.79 Å². The molecule has 204 valence electrons. The molecule has 12 nitrogen and oxygen atoms in total. The lowest BCUT2D eigenvalue weighted by atomic mass is 9.85. The number of amides is 1. The number of piperidine rings is 1. The molecule has 2 unspecified atom stereocenters. The first-order valence-electron chi connectivity index (χ1n) is 13.2. The van der Waals surface area contributed by atoms with Crippen molar-refractivity contribution < 1.29 is 9.59 Å². The van der Waals surface area contributed by atoms with Gasteiger partial charge in [0.25, 0.3) is 5.91 Å². The van der Waals surface area contributed by atoms with Gasteiger partial charge in [-0.05, 0) is 38.7 Å². The quantitative estimate of drug-likeness (QED) is 0.0973. The number of nitrogens with two attached hydrogens (primary N) is 3. The Morgan fingerprint density at radius 2 is 1.75 bits per heavy atom. The zero-order valence-corrected chi connectivity index (χ0v) is 22.0. The Hall–Kier alpha value is -4.84. The number of nitrogens with zero attached hydrogens (tertiary/aromatic N) is 6. The number of anilines is 1. The number of Topliss-reactive ketones (excluding diaryl/α,β-unsaturated/α-hetero) is 1. The van der Waals surface area contributed by atoms with E-state index in [2.05, 4.69) is 20.7 Å². The van der Waals surface area contributed by atoms with Gasteiger partial charge in [-0.3, -0.25) is 14.6 Å². The van der Waals surface area contributed by atoms with Gasteiger partial charge in [0.05, 0.1) is 23.1 Å². The summed E-state index contributed by atoms with van der Waals surface area (Å²) in [6, 6.07) is 13.8. The monoisotopic (exact) mass is 538 g/mol. The van der Waals surface area contributed by atoms with Gasteiger partial charge in [0.1, 0.15) is 5.82 Å². The third-order valence-corrected chi connectivity index (χ3v) is 7.97. The second-order valence-electron chi connectivity index (χ2n) is 10.3. The maximum absolute atomic E-state index is 12.9. The number of hydrogen-bond donors (Lipinski definition) is 4. The molecule has 6 rings (SSSR count). The molecular weight excluding hydrogens is 508 g/mol. The van der Waals surface area contributed by atoms with E-state index in [-0.39, 0.29) is 41.3 Å². The van der Waals surface area contributed by atoms with Gasteiger partial charge < -0.3 is 16.4 Å². The van der Waals surface area contributed by atoms with Gasteiger partial charge in [-0.25, -0.2) is 16.4 Å². The van der Waals surface area contributed by atoms with Crippen molar-refractivity contribution in [3.8, 4) is 22.4 Å². The molecule has 2 bridgehead atoms. The molecule has 2 fully saturated rings. The van der Waals surface area contributed by atoms with Gasteiger partial charge in [-0.15, -0.1) is 5.10 Å². The van der Waals surface area contributed by atoms with Gasteiger partial charge >= 0.3 is 0 Å². The summed E-state index contributed by atoms with van der Waals surface area (Å²) in [5.41, 5.74) is 19.5. The Bertz CT molecular complexity index is 1620. The van der Waals surface area contributed by atoms with Crippen molar-refractivity contribution in [3.63, 3.8) is 0 Å². The Morgan fingerprint density at radius 3 is 2.38 bits per heavy atom. The highest BCUT2D eigenvalue weighted by atomic mass is 16.2. The molecule has 2 saturated heterocycles. The van der Waals surface area contributed by atoms with E-state index in [0.717, 1.165) is 35.2 Å². The standard InChI is InChI=1S/C28H30N10O2/c1-15(39)23-24(18-11-19-8-9-20(12-18)37(19)28(40)25(29)35-36-31)34-27-21(14-33-38(27)26(23)30)17-7-10-22(32-13-17)16-5-3-2-4-6-16/h2-7,10,13-14,18-20,36H,8-9,11-12,30-31H2,1H3,(H2,29,35). The number of ketones is 1. The summed E-state index contributed by atoms with van der Waals surface area (Å²) in [4.78, 5) is 37.3. The van der Waals surface area contributed by atoms with Crippen LogP contribution in [0.5, 0.6) is 0 Å². The highest BCUT2D eigenvalue weighted by Crippen LogP contribution is 2.44. The molecule has 12 heteroatoms. The Morgan fingerprint density at radius 1 is 1.02 bits per heavy atom. The number of nitrogens with one attached hydrogen (secondary N) is 1. The molecule has 0 saturated carbocycles. The highest BCUT2D eigenvalue weighted by Gasteiger charge is 2.45. The maximum Gasteiger partial charge on any atom is 0.291 e. The SMILES string of the molecule is CC(=O)c1c(C2CC3CCC(C2)N3C(=O)/C(N)=N/NN)nc2c(-c3ccc(-c4ccccc4)nc3)cnn2c1N. The molecule has 0 spiro atoms. The number of hydrogen-bond acceptors (Lipinski definition) is 9. The van der Waals surface area contributed by atoms with E-state index in [1.54, 1.807) is 17.3 Å². The van der Waals surface area contributed by atoms with Crippen molar-refractivity contribution in [1.29, 1.82) is 0 Å². The fourth-order valence-corrected chi connectivity index (χ4v) is 6.21. The normalized spacial score (nSPS) is 20.6. The molecule has 0 aliphatic carbocycles. The number of amidine groups is 1. The van der Waals surface area contributed by atoms with Crippen LogP contribution in [0.2, 0.25) is 0 Å². The van der Waals surface area contributed by atoms with Crippen LogP contribution in [-0.4, -0.2) is 54.1 Å². The summed E-state index contributed by atoms with van der Waals surface area (Å²) in [6.07, 6.45) is 6.42. The summed E-state index contributed by atoms with van der Waals surface area (Å²) in [6.45, 7) is 1.49. The van der Waals surface area contributed by atoms with E-state index in [1.165, 1.54) is 11.4 Å². The zero-order chi connectivity index (χ0) is 28.0. The van der Waals surface area contributed by atoms with Crippen LogP contribution in [0.1, 0.15) is 54.6 Å². The Balaban J connectivity index is 1.38. The lowest BCUT2D eigenvalue weighted by Crippen LogP contribution is -2.51. The van der Waals surface area contributed by atoms with E-state index >= 15 is 0 Å². The minimum Gasteiger partial charge on any atom is -0.383 e. The average molecular weight is 539 g/mol. The molecule has 1 aromatic carbocycles. The van der Waals surface area contributed by atoms with Gasteiger partial charge in [0.15, 0.2) is 11.4 Å². The molecule has 40 heavy (non-hydrogen) atoms. The van der Waals surface area contributed by atoms with E-state index < -0.39 is 0 Å². The van der Waals surface area contributed by atoms with E-state index in [0.29, 0.717) is 29.7 Å². The summed E-state index contributed by atoms with van der Waals surface area (Å²) >= 11 is 0. The predicted molar refractivity (Wildman–Crippen MR) is 151 cm³/mol. The van der Waals surface area contributed by atoms with E-state index in [4.69, 9.17) is 22.3 Å². The van der Waals surface area contributed by atoms with Crippen molar-refractivity contribution in [2.45, 2.75) is 50.6 Å². The van der Waals surface area contributed by atoms with Gasteiger partial charge in [-0.1, -0.05) is 36.4 Å². The van der Waals surface area contributed by atoms with Crippen LogP contribution in [0, 0.1) is 0 Å². The number of aromatic nitrogens is 4. The molecular formula is C28H30N10O2. The first-order valence-corrected chi connectivity index (χ1v) is 13.2. The number of nitrogen functional groups attached to an aromatic ring is 1. The molecule has 7 N–H and O–H groups in total. The van der Waals surface area contributed by atoms with E-state index in [1.807, 2.05) is 42.5 Å². The number of hydrazine groups is 1. The summed E-state index contributed by atoms with van der Waals surface area (Å²) in [7, 11) is 0. The van der Waals surface area contributed by atoms with Crippen LogP contribution in [0.25, 0.3) is 28.0 Å². The molecule has 2 atom stereocenters. The van der Waals surface area contributed by atoms with Crippen molar-refractivity contribution in [2.24, 2.45) is 16.7 Å². The minimum atomic E-state index is -0.344. The molecule has 3 aromatic heterocycles. The third kappa shape index (κ3) is 4.22. The molecule has 2 aliphatic rings. The Labute approximate surface area is 230 Å². The van der Waals surface area contributed by atoms with Crippen LogP contribution in [0.4, 0.5) is 5.82 Å². The largest absolute Gasteiger partial charge is 0.383 e. The molecule has 0 radical (unpaired) electrons. The lowest BCUT2D eigenvalue weighted by molar-refractivity contribution is -0.128. The van der Waals surface area contributed by atoms with Crippen LogP contribution < -0.4 is 22.8 Å². The topological polar surface area (TPSA) is 183 Å². The van der Waals surface area contributed by atoms with Gasteiger partial charge in [0.2, 0.25) is 5.84 Å². The second-order valence-corrected chi connectivity index (χ2v) is 10.3. The van der Waals surface area contributed by atoms with E-state index in [9.17, 15) is 9.59 Å².